The summed E-state index contributed by atoms with van der Waals surface area (Å²) in [5.74, 6) is 0.348. The highest BCUT2D eigenvalue weighted by Crippen LogP contribution is 2.30. The van der Waals surface area contributed by atoms with Crippen molar-refractivity contribution >= 4 is 0 Å². The van der Waals surface area contributed by atoms with Gasteiger partial charge in [-0.15, -0.1) is 0 Å². The quantitative estimate of drug-likeness (QED) is 0.844. The van der Waals surface area contributed by atoms with Crippen molar-refractivity contribution in [3.05, 3.63) is 65.2 Å². The Bertz CT molecular complexity index is 627. The van der Waals surface area contributed by atoms with Crippen molar-refractivity contribution < 1.29 is 17.9 Å². The van der Waals surface area contributed by atoms with Gasteiger partial charge in [-0.2, -0.15) is 18.4 Å². The first kappa shape index (κ1) is 13.9. The molecule has 0 atom stereocenters. The van der Waals surface area contributed by atoms with E-state index in [1.807, 2.05) is 6.07 Å². The summed E-state index contributed by atoms with van der Waals surface area (Å²) in [6.07, 6.45) is -4.35. The molecule has 0 heterocycles. The first-order valence-electron chi connectivity index (χ1n) is 5.78. The molecule has 0 aliphatic heterocycles. The zero-order chi connectivity index (χ0) is 14.6. The van der Waals surface area contributed by atoms with Crippen LogP contribution in [0.3, 0.4) is 0 Å². The Balaban J connectivity index is 2.02. The number of benzene rings is 2. The van der Waals surface area contributed by atoms with Gasteiger partial charge in [-0.25, -0.2) is 0 Å². The van der Waals surface area contributed by atoms with Crippen LogP contribution < -0.4 is 4.74 Å². The smallest absolute Gasteiger partial charge is 0.416 e. The molecule has 20 heavy (non-hydrogen) atoms. The predicted octanol–water partition coefficient (Wildman–Crippen LogP) is 4.16. The fourth-order valence-corrected chi connectivity index (χ4v) is 1.64. The maximum absolute atomic E-state index is 12.4. The summed E-state index contributed by atoms with van der Waals surface area (Å²) >= 11 is 0. The molecule has 2 rings (SSSR count). The SMILES string of the molecule is N#Cc1cccc(COc2ccc(C(F)(F)F)cc2)c1. The van der Waals surface area contributed by atoms with Crippen molar-refractivity contribution in [3.63, 3.8) is 0 Å². The standard InChI is InChI=1S/C15H10F3NO/c16-15(17,18)13-4-6-14(7-5-13)20-10-12-3-1-2-11(8-12)9-19/h1-8H,10H2. The van der Waals surface area contributed by atoms with Crippen molar-refractivity contribution in [2.75, 3.05) is 0 Å². The molecule has 0 aromatic heterocycles. The molecule has 0 saturated heterocycles. The average molecular weight is 277 g/mol. The lowest BCUT2D eigenvalue weighted by Crippen LogP contribution is -2.04. The minimum Gasteiger partial charge on any atom is -0.489 e. The van der Waals surface area contributed by atoms with Gasteiger partial charge in [-0.3, -0.25) is 0 Å². The largest absolute Gasteiger partial charge is 0.489 e. The Morgan fingerprint density at radius 3 is 2.35 bits per heavy atom. The Hall–Kier alpha value is -2.48. The first-order valence-corrected chi connectivity index (χ1v) is 5.78. The molecule has 0 radical (unpaired) electrons. The Kier molecular flexibility index (Phi) is 3.94. The van der Waals surface area contributed by atoms with E-state index >= 15 is 0 Å². The summed E-state index contributed by atoms with van der Waals surface area (Å²) in [4.78, 5) is 0. The maximum atomic E-state index is 12.4. The van der Waals surface area contributed by atoms with E-state index in [1.165, 1.54) is 12.1 Å². The molecule has 2 aromatic carbocycles. The van der Waals surface area contributed by atoms with Crippen LogP contribution in [0.5, 0.6) is 5.75 Å². The molecule has 0 unspecified atom stereocenters. The van der Waals surface area contributed by atoms with Crippen LogP contribution in [0.1, 0.15) is 16.7 Å². The fourth-order valence-electron chi connectivity index (χ4n) is 1.64. The van der Waals surface area contributed by atoms with Crippen LogP contribution in [-0.4, -0.2) is 0 Å². The number of rotatable bonds is 3. The second-order valence-corrected chi connectivity index (χ2v) is 4.12. The minimum absolute atomic E-state index is 0.195. The zero-order valence-electron chi connectivity index (χ0n) is 10.3. The first-order chi connectivity index (χ1) is 9.49. The highest BCUT2D eigenvalue weighted by molar-refractivity contribution is 5.33. The lowest BCUT2D eigenvalue weighted by atomic mass is 10.1. The second kappa shape index (κ2) is 5.66. The van der Waals surface area contributed by atoms with Gasteiger partial charge in [-0.1, -0.05) is 12.1 Å². The van der Waals surface area contributed by atoms with Gasteiger partial charge in [0.15, 0.2) is 0 Å². The summed E-state index contributed by atoms with van der Waals surface area (Å²) in [5.41, 5.74) is 0.582. The van der Waals surface area contributed by atoms with Gasteiger partial charge < -0.3 is 4.74 Å². The summed E-state index contributed by atoms with van der Waals surface area (Å²) in [5, 5.41) is 8.76. The summed E-state index contributed by atoms with van der Waals surface area (Å²) < 4.78 is 42.5. The molecular formula is C15H10F3NO. The van der Waals surface area contributed by atoms with Crippen LogP contribution in [0.4, 0.5) is 13.2 Å². The van der Waals surface area contributed by atoms with Gasteiger partial charge in [0.1, 0.15) is 12.4 Å². The molecule has 0 saturated carbocycles. The third-order valence-electron chi connectivity index (χ3n) is 2.64. The Morgan fingerprint density at radius 1 is 1.05 bits per heavy atom. The van der Waals surface area contributed by atoms with Gasteiger partial charge >= 0.3 is 6.18 Å². The summed E-state index contributed by atoms with van der Waals surface area (Å²) in [6, 6.07) is 13.4. The molecule has 0 amide bonds. The number of halogens is 3. The van der Waals surface area contributed by atoms with Gasteiger partial charge in [0.2, 0.25) is 0 Å². The third kappa shape index (κ3) is 3.51. The number of nitriles is 1. The van der Waals surface area contributed by atoms with E-state index in [9.17, 15) is 13.2 Å². The zero-order valence-corrected chi connectivity index (χ0v) is 10.3. The van der Waals surface area contributed by atoms with Crippen LogP contribution in [-0.2, 0) is 12.8 Å². The van der Waals surface area contributed by atoms with Crippen LogP contribution in [0, 0.1) is 11.3 Å². The van der Waals surface area contributed by atoms with Gasteiger partial charge in [-0.05, 0) is 42.0 Å². The molecular weight excluding hydrogens is 267 g/mol. The van der Waals surface area contributed by atoms with Gasteiger partial charge in [0.05, 0.1) is 17.2 Å². The molecule has 102 valence electrons. The normalized spacial score (nSPS) is 10.9. The topological polar surface area (TPSA) is 33.0 Å². The van der Waals surface area contributed by atoms with Crippen LogP contribution >= 0.6 is 0 Å². The van der Waals surface area contributed by atoms with Crippen molar-refractivity contribution in [1.82, 2.24) is 0 Å². The van der Waals surface area contributed by atoms with E-state index in [1.54, 1.807) is 24.3 Å². The van der Waals surface area contributed by atoms with Crippen molar-refractivity contribution in [1.29, 1.82) is 5.26 Å². The highest BCUT2D eigenvalue weighted by Gasteiger charge is 2.29. The summed E-state index contributed by atoms with van der Waals surface area (Å²) in [7, 11) is 0. The van der Waals surface area contributed by atoms with Crippen LogP contribution in [0.25, 0.3) is 0 Å². The lowest BCUT2D eigenvalue weighted by Gasteiger charge is -2.09. The highest BCUT2D eigenvalue weighted by atomic mass is 19.4. The molecule has 0 bridgehead atoms. The third-order valence-corrected chi connectivity index (χ3v) is 2.64. The van der Waals surface area contributed by atoms with E-state index < -0.39 is 11.7 Å². The van der Waals surface area contributed by atoms with E-state index in [4.69, 9.17) is 10.00 Å². The van der Waals surface area contributed by atoms with E-state index in [2.05, 4.69) is 0 Å². The minimum atomic E-state index is -4.35. The van der Waals surface area contributed by atoms with Crippen LogP contribution in [0.2, 0.25) is 0 Å². The monoisotopic (exact) mass is 277 g/mol. The molecule has 5 heteroatoms. The Labute approximate surface area is 114 Å². The van der Waals surface area contributed by atoms with Gasteiger partial charge in [0.25, 0.3) is 0 Å². The number of alkyl halides is 3. The lowest BCUT2D eigenvalue weighted by molar-refractivity contribution is -0.137. The number of nitrogens with zero attached hydrogens (tertiary/aromatic N) is 1. The fraction of sp³-hybridized carbons (Fsp3) is 0.133. The maximum Gasteiger partial charge on any atom is 0.416 e. The number of hydrogen-bond acceptors (Lipinski definition) is 2. The summed E-state index contributed by atoms with van der Waals surface area (Å²) in [6.45, 7) is 0.195. The van der Waals surface area contributed by atoms with E-state index in [-0.39, 0.29) is 6.61 Å². The number of hydrogen-bond donors (Lipinski definition) is 0. The Morgan fingerprint density at radius 2 is 1.75 bits per heavy atom. The van der Waals surface area contributed by atoms with Crippen LogP contribution in [0.15, 0.2) is 48.5 Å². The predicted molar refractivity (Wildman–Crippen MR) is 66.9 cm³/mol. The molecule has 2 nitrogen and oxygen atoms in total. The van der Waals surface area contributed by atoms with E-state index in [0.717, 1.165) is 17.7 Å². The van der Waals surface area contributed by atoms with Crippen molar-refractivity contribution in [2.45, 2.75) is 12.8 Å². The second-order valence-electron chi connectivity index (χ2n) is 4.12. The number of ether oxygens (including phenoxy) is 1. The molecule has 0 fully saturated rings. The molecule has 0 spiro atoms. The molecule has 0 aliphatic rings. The molecule has 0 aliphatic carbocycles. The van der Waals surface area contributed by atoms with Gasteiger partial charge in [0, 0.05) is 0 Å². The van der Waals surface area contributed by atoms with E-state index in [0.29, 0.717) is 11.3 Å². The van der Waals surface area contributed by atoms with Crippen molar-refractivity contribution in [2.24, 2.45) is 0 Å². The molecule has 2 aromatic rings. The average Bonchev–Trinajstić information content (AvgIpc) is 2.45. The van der Waals surface area contributed by atoms with Crippen molar-refractivity contribution in [3.8, 4) is 11.8 Å². The molecule has 0 N–H and O–H groups in total.